The molecule has 72 valence electrons. The zero-order chi connectivity index (χ0) is 10.1. The van der Waals surface area contributed by atoms with Crippen molar-refractivity contribution >= 4 is 30.3 Å². The summed E-state index contributed by atoms with van der Waals surface area (Å²) in [6.45, 7) is 2.54. The first kappa shape index (κ1) is 9.49. The second-order valence-electron chi connectivity index (χ2n) is 2.98. The molecule has 2 rings (SSSR count). The number of fused-ring (bicyclic) bond motifs is 1. The monoisotopic (exact) mass is 209 g/mol. The highest BCUT2D eigenvalue weighted by atomic mass is 35.5. The van der Waals surface area contributed by atoms with Crippen LogP contribution in [-0.4, -0.2) is 34.7 Å². The normalized spacial score (nSPS) is 14.5. The van der Waals surface area contributed by atoms with Crippen molar-refractivity contribution in [3.8, 4) is 0 Å². The van der Waals surface area contributed by atoms with Crippen LogP contribution in [0.5, 0.6) is 0 Å². The molecule has 0 fully saturated rings. The third-order valence-corrected chi connectivity index (χ3v) is 2.49. The predicted octanol–water partition coefficient (Wildman–Crippen LogP) is 0.0919. The van der Waals surface area contributed by atoms with Gasteiger partial charge < -0.3 is 9.94 Å². The van der Waals surface area contributed by atoms with E-state index in [9.17, 15) is 5.02 Å². The number of rotatable bonds is 1. The standard InChI is InChI=1S/C8H9BClN3O/c1-2-13-9(14)7-6(5-12-13)3-4-11-8(7)10/h3-5,14H,2H2,1H3. The molecule has 1 aromatic heterocycles. The van der Waals surface area contributed by atoms with Crippen molar-refractivity contribution in [2.75, 3.05) is 6.54 Å². The lowest BCUT2D eigenvalue weighted by atomic mass is 9.71. The lowest BCUT2D eigenvalue weighted by Gasteiger charge is -2.25. The summed E-state index contributed by atoms with van der Waals surface area (Å²) in [4.78, 5) is 5.48. The molecule has 0 radical (unpaired) electrons. The van der Waals surface area contributed by atoms with Crippen LogP contribution in [0, 0.1) is 0 Å². The van der Waals surface area contributed by atoms with E-state index in [1.807, 2.05) is 6.92 Å². The number of nitrogens with zero attached hydrogens (tertiary/aromatic N) is 3. The number of hydrazone groups is 1. The van der Waals surface area contributed by atoms with Gasteiger partial charge in [-0.1, -0.05) is 11.6 Å². The second-order valence-corrected chi connectivity index (χ2v) is 3.34. The molecule has 6 heteroatoms. The quantitative estimate of drug-likeness (QED) is 0.527. The second kappa shape index (κ2) is 3.59. The first-order valence-electron chi connectivity index (χ1n) is 4.37. The summed E-state index contributed by atoms with van der Waals surface area (Å²) in [6.07, 6.45) is 3.28. The Labute approximate surface area is 87.3 Å². The number of aromatic nitrogens is 1. The van der Waals surface area contributed by atoms with Crippen LogP contribution in [0.25, 0.3) is 0 Å². The molecule has 1 aromatic rings. The highest BCUT2D eigenvalue weighted by molar-refractivity contribution is 6.68. The molecule has 0 amide bonds. The molecule has 0 aromatic carbocycles. The molecule has 1 aliphatic heterocycles. The topological polar surface area (TPSA) is 48.7 Å². The zero-order valence-corrected chi connectivity index (χ0v) is 8.44. The Morgan fingerprint density at radius 1 is 1.64 bits per heavy atom. The summed E-state index contributed by atoms with van der Waals surface area (Å²) in [5.41, 5.74) is 1.45. The molecule has 0 unspecified atom stereocenters. The average Bonchev–Trinajstić information content (AvgIpc) is 2.18. The molecule has 1 aliphatic rings. The van der Waals surface area contributed by atoms with Gasteiger partial charge in [0.25, 0.3) is 0 Å². The van der Waals surface area contributed by atoms with Gasteiger partial charge in [0.2, 0.25) is 0 Å². The maximum atomic E-state index is 9.89. The molecule has 0 spiro atoms. The van der Waals surface area contributed by atoms with E-state index in [0.717, 1.165) is 5.56 Å². The number of halogens is 1. The van der Waals surface area contributed by atoms with Gasteiger partial charge in [0, 0.05) is 18.2 Å². The molecule has 0 atom stereocenters. The van der Waals surface area contributed by atoms with Crippen molar-refractivity contribution in [3.63, 3.8) is 0 Å². The molecular weight excluding hydrogens is 200 g/mol. The van der Waals surface area contributed by atoms with Gasteiger partial charge in [0.1, 0.15) is 5.15 Å². The summed E-state index contributed by atoms with van der Waals surface area (Å²) in [5, 5.41) is 14.3. The van der Waals surface area contributed by atoms with E-state index in [4.69, 9.17) is 11.6 Å². The van der Waals surface area contributed by atoms with Crippen LogP contribution >= 0.6 is 11.6 Å². The summed E-state index contributed by atoms with van der Waals surface area (Å²) >= 11 is 5.90. The van der Waals surface area contributed by atoms with Gasteiger partial charge >= 0.3 is 7.05 Å². The molecule has 0 bridgehead atoms. The zero-order valence-electron chi connectivity index (χ0n) is 7.68. The lowest BCUT2D eigenvalue weighted by molar-refractivity contribution is 0.402. The van der Waals surface area contributed by atoms with E-state index in [1.165, 1.54) is 0 Å². The first-order chi connectivity index (χ1) is 6.74. The minimum absolute atomic E-state index is 0.333. The summed E-state index contributed by atoms with van der Waals surface area (Å²) in [5.74, 6) is 0. The Bertz CT molecular complexity index is 385. The summed E-state index contributed by atoms with van der Waals surface area (Å²) in [6, 6.07) is 1.78. The van der Waals surface area contributed by atoms with E-state index >= 15 is 0 Å². The predicted molar refractivity (Wildman–Crippen MR) is 56.8 cm³/mol. The van der Waals surface area contributed by atoms with Crippen molar-refractivity contribution < 1.29 is 5.02 Å². The van der Waals surface area contributed by atoms with Crippen LogP contribution in [-0.2, 0) is 0 Å². The molecule has 4 nitrogen and oxygen atoms in total. The van der Waals surface area contributed by atoms with Gasteiger partial charge in [-0.15, -0.1) is 0 Å². The van der Waals surface area contributed by atoms with Crippen LogP contribution in [0.1, 0.15) is 12.5 Å². The van der Waals surface area contributed by atoms with Crippen LogP contribution < -0.4 is 5.46 Å². The smallest absolute Gasteiger partial charge is 0.428 e. The van der Waals surface area contributed by atoms with E-state index in [1.54, 1.807) is 23.4 Å². The Kier molecular flexibility index (Phi) is 2.43. The Hall–Kier alpha value is -1.07. The molecule has 1 N–H and O–H groups in total. The first-order valence-corrected chi connectivity index (χ1v) is 4.75. The fourth-order valence-electron chi connectivity index (χ4n) is 1.43. The molecular formula is C8H9BClN3O. The number of pyridine rings is 1. The van der Waals surface area contributed by atoms with Crippen molar-refractivity contribution in [1.82, 2.24) is 9.90 Å². The third kappa shape index (κ3) is 1.38. The van der Waals surface area contributed by atoms with Crippen molar-refractivity contribution in [1.29, 1.82) is 0 Å². The highest BCUT2D eigenvalue weighted by Crippen LogP contribution is 2.10. The van der Waals surface area contributed by atoms with Gasteiger partial charge in [-0.05, 0) is 18.6 Å². The molecule has 2 heterocycles. The minimum atomic E-state index is -0.791. The van der Waals surface area contributed by atoms with Crippen molar-refractivity contribution in [3.05, 3.63) is 23.0 Å². The maximum absolute atomic E-state index is 9.89. The van der Waals surface area contributed by atoms with Gasteiger partial charge in [-0.3, -0.25) is 0 Å². The fraction of sp³-hybridized carbons (Fsp3) is 0.250. The maximum Gasteiger partial charge on any atom is 0.469 e. The van der Waals surface area contributed by atoms with Crippen LogP contribution in [0.3, 0.4) is 0 Å². The van der Waals surface area contributed by atoms with Gasteiger partial charge in [-0.25, -0.2) is 4.98 Å². The van der Waals surface area contributed by atoms with E-state index in [2.05, 4.69) is 10.1 Å². The average molecular weight is 209 g/mol. The SMILES string of the molecule is CCN1N=Cc2ccnc(Cl)c2B1O. The summed E-state index contributed by atoms with van der Waals surface area (Å²) < 4.78 is 0. The van der Waals surface area contributed by atoms with E-state index in [-0.39, 0.29) is 0 Å². The van der Waals surface area contributed by atoms with Crippen LogP contribution in [0.4, 0.5) is 0 Å². The molecule has 0 saturated carbocycles. The highest BCUT2D eigenvalue weighted by Gasteiger charge is 2.30. The van der Waals surface area contributed by atoms with Crippen molar-refractivity contribution in [2.45, 2.75) is 6.92 Å². The Morgan fingerprint density at radius 2 is 2.43 bits per heavy atom. The third-order valence-electron chi connectivity index (χ3n) is 2.18. The fourth-order valence-corrected chi connectivity index (χ4v) is 1.70. The Balaban J connectivity index is 2.51. The number of hydrogen-bond donors (Lipinski definition) is 1. The molecule has 0 aliphatic carbocycles. The van der Waals surface area contributed by atoms with E-state index < -0.39 is 7.05 Å². The lowest BCUT2D eigenvalue weighted by Crippen LogP contribution is -2.50. The summed E-state index contributed by atoms with van der Waals surface area (Å²) in [7, 11) is -0.791. The van der Waals surface area contributed by atoms with Gasteiger partial charge in [-0.2, -0.15) is 5.10 Å². The number of hydrogen-bond acceptors (Lipinski definition) is 4. The van der Waals surface area contributed by atoms with Crippen LogP contribution in [0.15, 0.2) is 17.4 Å². The van der Waals surface area contributed by atoms with Crippen molar-refractivity contribution in [2.24, 2.45) is 5.10 Å². The largest absolute Gasteiger partial charge is 0.469 e. The van der Waals surface area contributed by atoms with E-state index in [0.29, 0.717) is 17.2 Å². The van der Waals surface area contributed by atoms with Crippen LogP contribution in [0.2, 0.25) is 5.15 Å². The molecule has 0 saturated heterocycles. The van der Waals surface area contributed by atoms with Gasteiger partial charge in [0.05, 0.1) is 6.21 Å². The molecule has 14 heavy (non-hydrogen) atoms. The van der Waals surface area contributed by atoms with Gasteiger partial charge in [0.15, 0.2) is 0 Å². The Morgan fingerprint density at radius 3 is 3.14 bits per heavy atom. The minimum Gasteiger partial charge on any atom is -0.428 e.